The Bertz CT molecular complexity index is 2470. The van der Waals surface area contributed by atoms with Crippen molar-refractivity contribution < 1.29 is 9.30 Å². The smallest absolute Gasteiger partial charge is 0.171 e. The van der Waals surface area contributed by atoms with E-state index in [2.05, 4.69) is 92.1 Å². The Morgan fingerprint density at radius 2 is 1.18 bits per heavy atom. The van der Waals surface area contributed by atoms with E-state index in [1.54, 1.807) is 0 Å². The topological polar surface area (TPSA) is 44.1 Å². The van der Waals surface area contributed by atoms with Crippen LogP contribution in [0, 0.1) is 0 Å². The molecule has 0 saturated carbocycles. The molecule has 8 rings (SSSR count). The van der Waals surface area contributed by atoms with Crippen molar-refractivity contribution in [3.05, 3.63) is 176 Å². The molecule has 0 saturated heterocycles. The molecular formula is C45H37N2O2P. The zero-order chi connectivity index (χ0) is 34.3. The van der Waals surface area contributed by atoms with Crippen molar-refractivity contribution in [1.82, 2.24) is 9.55 Å². The lowest BCUT2D eigenvalue weighted by molar-refractivity contribution is 0.483. The first-order valence-corrected chi connectivity index (χ1v) is 18.6. The van der Waals surface area contributed by atoms with Gasteiger partial charge in [-0.25, -0.2) is 4.98 Å². The molecular weight excluding hydrogens is 631 g/mol. The maximum absolute atomic E-state index is 15.1. The van der Waals surface area contributed by atoms with Gasteiger partial charge in [-0.05, 0) is 70.6 Å². The lowest BCUT2D eigenvalue weighted by Crippen LogP contribution is -2.24. The minimum Gasteiger partial charge on any atom is -0.457 e. The number of nitrogens with zero attached hydrogens (tertiary/aromatic N) is 2. The fourth-order valence-corrected chi connectivity index (χ4v) is 9.41. The third-order valence-electron chi connectivity index (χ3n) is 9.34. The second-order valence-electron chi connectivity index (χ2n) is 13.6. The lowest BCUT2D eigenvalue weighted by atomic mass is 9.88. The number of hydrogen-bond acceptors (Lipinski definition) is 3. The molecule has 0 unspecified atom stereocenters. The van der Waals surface area contributed by atoms with Crippen LogP contribution in [0.2, 0.25) is 0 Å². The highest BCUT2D eigenvalue weighted by atomic mass is 31.2. The first kappa shape index (κ1) is 31.6. The van der Waals surface area contributed by atoms with E-state index in [0.717, 1.165) is 49.1 Å². The van der Waals surface area contributed by atoms with Gasteiger partial charge < -0.3 is 9.30 Å². The first-order chi connectivity index (χ1) is 24.3. The zero-order valence-electron chi connectivity index (χ0n) is 28.3. The van der Waals surface area contributed by atoms with Gasteiger partial charge in [0.1, 0.15) is 17.3 Å². The van der Waals surface area contributed by atoms with Gasteiger partial charge in [0.15, 0.2) is 7.14 Å². The van der Waals surface area contributed by atoms with Gasteiger partial charge in [0.05, 0.1) is 11.0 Å². The van der Waals surface area contributed by atoms with Crippen molar-refractivity contribution in [2.24, 2.45) is 0 Å². The fraction of sp³-hybridized carbons (Fsp3) is 0.0889. The van der Waals surface area contributed by atoms with Crippen molar-refractivity contribution in [1.29, 1.82) is 0 Å². The largest absolute Gasteiger partial charge is 0.457 e. The number of aromatic nitrogens is 2. The summed E-state index contributed by atoms with van der Waals surface area (Å²) in [5, 5.41) is 4.55. The van der Waals surface area contributed by atoms with Crippen molar-refractivity contribution in [3.8, 4) is 28.4 Å². The number of pyridine rings is 1. The summed E-state index contributed by atoms with van der Waals surface area (Å²) in [4.78, 5) is 4.88. The van der Waals surface area contributed by atoms with Crippen LogP contribution < -0.4 is 20.7 Å². The van der Waals surface area contributed by atoms with Gasteiger partial charge in [0.2, 0.25) is 0 Å². The Balaban J connectivity index is 1.26. The minimum absolute atomic E-state index is 0.0326. The average molecular weight is 669 g/mol. The lowest BCUT2D eigenvalue weighted by Gasteiger charge is -2.20. The molecule has 6 aromatic carbocycles. The predicted molar refractivity (Wildman–Crippen MR) is 209 cm³/mol. The molecule has 50 heavy (non-hydrogen) atoms. The van der Waals surface area contributed by atoms with Crippen LogP contribution in [0.4, 0.5) is 0 Å². The van der Waals surface area contributed by atoms with Crippen LogP contribution in [-0.2, 0) is 9.98 Å². The first-order valence-electron chi connectivity index (χ1n) is 16.9. The molecule has 0 amide bonds. The van der Waals surface area contributed by atoms with Gasteiger partial charge >= 0.3 is 0 Å². The monoisotopic (exact) mass is 668 g/mol. The third-order valence-corrected chi connectivity index (χ3v) is 12.4. The zero-order valence-corrected chi connectivity index (χ0v) is 29.2. The molecule has 2 aromatic heterocycles. The highest BCUT2D eigenvalue weighted by molar-refractivity contribution is 7.85. The molecule has 0 aliphatic heterocycles. The standard InChI is InChI=1S/C45H37N2O2P/c1-45(2,3)34-26-27-46-44(29-34)47-42-25-22-33(32-14-7-4-8-15-32)28-41(42)40-24-23-36(31-43(40)47)49-35-16-13-21-39(30-35)50(48,37-17-9-5-10-18-37)38-19-11-6-12-20-38/h4-31H,1-3H3. The number of fused-ring (bicyclic) bond motifs is 3. The van der Waals surface area contributed by atoms with Gasteiger partial charge in [-0.1, -0.05) is 130 Å². The average Bonchev–Trinajstić information content (AvgIpc) is 3.48. The molecule has 0 atom stereocenters. The Hall–Kier alpha value is -5.70. The number of rotatable bonds is 7. The van der Waals surface area contributed by atoms with E-state index >= 15 is 4.57 Å². The van der Waals surface area contributed by atoms with Crippen LogP contribution in [-0.4, -0.2) is 9.55 Å². The highest BCUT2D eigenvalue weighted by Crippen LogP contribution is 2.43. The molecule has 4 nitrogen and oxygen atoms in total. The van der Waals surface area contributed by atoms with Crippen LogP contribution in [0.1, 0.15) is 26.3 Å². The van der Waals surface area contributed by atoms with E-state index in [4.69, 9.17) is 9.72 Å². The molecule has 0 bridgehead atoms. The predicted octanol–water partition coefficient (Wildman–Crippen LogP) is 10.6. The van der Waals surface area contributed by atoms with Gasteiger partial charge in [0.25, 0.3) is 0 Å². The van der Waals surface area contributed by atoms with Gasteiger partial charge in [-0.15, -0.1) is 0 Å². The molecule has 2 heterocycles. The summed E-state index contributed by atoms with van der Waals surface area (Å²) in [6, 6.07) is 54.8. The second kappa shape index (κ2) is 12.6. The number of hydrogen-bond donors (Lipinski definition) is 0. The summed E-state index contributed by atoms with van der Waals surface area (Å²) >= 11 is 0. The van der Waals surface area contributed by atoms with Gasteiger partial charge in [0, 0.05) is 38.9 Å². The van der Waals surface area contributed by atoms with E-state index in [-0.39, 0.29) is 5.41 Å². The van der Waals surface area contributed by atoms with Crippen LogP contribution in [0.3, 0.4) is 0 Å². The Morgan fingerprint density at radius 1 is 0.540 bits per heavy atom. The van der Waals surface area contributed by atoms with Crippen molar-refractivity contribution in [3.63, 3.8) is 0 Å². The highest BCUT2D eigenvalue weighted by Gasteiger charge is 2.30. The SMILES string of the molecule is CC(C)(C)c1ccnc(-n2c3ccc(-c4ccccc4)cc3c3ccc(Oc4cccc(P(=O)(c5ccccc5)c5ccccc5)c4)cc32)c1. The molecule has 5 heteroatoms. The normalized spacial score (nSPS) is 12.0. The van der Waals surface area contributed by atoms with E-state index in [1.807, 2.05) is 103 Å². The summed E-state index contributed by atoms with van der Waals surface area (Å²) in [5.41, 5.74) is 5.58. The Kier molecular flexibility index (Phi) is 7.98. The van der Waals surface area contributed by atoms with E-state index in [9.17, 15) is 0 Å². The van der Waals surface area contributed by atoms with Crippen LogP contribution in [0.5, 0.6) is 11.5 Å². The number of ether oxygens (including phenoxy) is 1. The van der Waals surface area contributed by atoms with Crippen LogP contribution in [0.25, 0.3) is 38.8 Å². The molecule has 8 aromatic rings. The molecule has 0 fully saturated rings. The van der Waals surface area contributed by atoms with Gasteiger partial charge in [-0.2, -0.15) is 0 Å². The van der Waals surface area contributed by atoms with Crippen LogP contribution in [0.15, 0.2) is 170 Å². The van der Waals surface area contributed by atoms with E-state index < -0.39 is 7.14 Å². The Labute approximate surface area is 293 Å². The fourth-order valence-electron chi connectivity index (χ4n) is 6.73. The quantitative estimate of drug-likeness (QED) is 0.159. The molecule has 0 spiro atoms. The third kappa shape index (κ3) is 5.72. The summed E-state index contributed by atoms with van der Waals surface area (Å²) in [7, 11) is -3.16. The van der Waals surface area contributed by atoms with Crippen molar-refractivity contribution >= 4 is 44.9 Å². The Morgan fingerprint density at radius 3 is 1.86 bits per heavy atom. The summed E-state index contributed by atoms with van der Waals surface area (Å²) in [6.07, 6.45) is 1.90. The molecule has 244 valence electrons. The van der Waals surface area contributed by atoms with Gasteiger partial charge in [-0.3, -0.25) is 4.57 Å². The molecule has 0 aliphatic carbocycles. The minimum atomic E-state index is -3.16. The summed E-state index contributed by atoms with van der Waals surface area (Å²) < 4.78 is 23.9. The van der Waals surface area contributed by atoms with Crippen molar-refractivity contribution in [2.75, 3.05) is 0 Å². The molecule has 0 N–H and O–H groups in total. The second-order valence-corrected chi connectivity index (χ2v) is 16.4. The van der Waals surface area contributed by atoms with E-state index in [1.165, 1.54) is 11.1 Å². The summed E-state index contributed by atoms with van der Waals surface area (Å²) in [6.45, 7) is 6.66. The molecule has 0 aliphatic rings. The maximum Gasteiger partial charge on any atom is 0.171 e. The van der Waals surface area contributed by atoms with E-state index in [0.29, 0.717) is 11.5 Å². The summed E-state index contributed by atoms with van der Waals surface area (Å²) in [5.74, 6) is 2.16. The van der Waals surface area contributed by atoms with Crippen LogP contribution >= 0.6 is 7.14 Å². The number of benzene rings is 6. The maximum atomic E-state index is 15.1. The van der Waals surface area contributed by atoms with Crippen molar-refractivity contribution in [2.45, 2.75) is 26.2 Å². The molecule has 0 radical (unpaired) electrons.